The monoisotopic (exact) mass is 443 g/mol. The molecule has 0 spiro atoms. The minimum absolute atomic E-state index is 0.118. The standard InChI is InChI=1S/C23H24F3N5O/c24-23(25,26)12-18(14-7-8-14)30-22(32)16-4-3-11-27-21(16)28-13-20-29-17-5-1-2-6-19(17)31(20)15-9-10-15/h1-6,11,14-15,18H,7-10,12-13H2,(H,27,28)(H,30,32). The van der Waals surface area contributed by atoms with Crippen molar-refractivity contribution in [2.75, 3.05) is 5.32 Å². The number of nitrogens with zero attached hydrogens (tertiary/aromatic N) is 3. The first-order valence-corrected chi connectivity index (χ1v) is 10.9. The van der Waals surface area contributed by atoms with Gasteiger partial charge in [-0.15, -0.1) is 0 Å². The molecule has 1 amide bonds. The Labute approximate surface area is 183 Å². The van der Waals surface area contributed by atoms with Crippen LogP contribution in [0.2, 0.25) is 0 Å². The molecule has 0 radical (unpaired) electrons. The number of aromatic nitrogens is 3. The third kappa shape index (κ3) is 4.56. The van der Waals surface area contributed by atoms with E-state index in [1.807, 2.05) is 24.3 Å². The Bertz CT molecular complexity index is 1130. The normalized spacial score (nSPS) is 17.3. The number of pyridine rings is 1. The molecular weight excluding hydrogens is 419 g/mol. The van der Waals surface area contributed by atoms with Crippen LogP contribution in [0.15, 0.2) is 42.6 Å². The Balaban J connectivity index is 1.34. The Hall–Kier alpha value is -3.10. The highest BCUT2D eigenvalue weighted by atomic mass is 19.4. The van der Waals surface area contributed by atoms with Gasteiger partial charge in [0.05, 0.1) is 29.6 Å². The number of hydrogen-bond donors (Lipinski definition) is 2. The van der Waals surface area contributed by atoms with Crippen molar-refractivity contribution in [1.29, 1.82) is 0 Å². The van der Waals surface area contributed by atoms with Crippen LogP contribution in [0.25, 0.3) is 11.0 Å². The second kappa shape index (κ2) is 8.11. The molecule has 2 saturated carbocycles. The van der Waals surface area contributed by atoms with Crippen molar-refractivity contribution in [2.24, 2.45) is 5.92 Å². The van der Waals surface area contributed by atoms with Crippen LogP contribution in [0, 0.1) is 5.92 Å². The van der Waals surface area contributed by atoms with Gasteiger partial charge in [0.1, 0.15) is 11.6 Å². The molecule has 1 atom stereocenters. The number of hydrogen-bond acceptors (Lipinski definition) is 4. The van der Waals surface area contributed by atoms with Crippen LogP contribution in [0.3, 0.4) is 0 Å². The van der Waals surface area contributed by atoms with Crippen molar-refractivity contribution in [3.63, 3.8) is 0 Å². The fourth-order valence-electron chi connectivity index (χ4n) is 4.18. The number of carbonyl (C=O) groups is 1. The molecule has 9 heteroatoms. The summed E-state index contributed by atoms with van der Waals surface area (Å²) in [7, 11) is 0. The second-order valence-corrected chi connectivity index (χ2v) is 8.61. The summed E-state index contributed by atoms with van der Waals surface area (Å²) in [6.07, 6.45) is -0.167. The molecular formula is C23H24F3N5O. The molecule has 6 nitrogen and oxygen atoms in total. The van der Waals surface area contributed by atoms with E-state index in [0.29, 0.717) is 31.2 Å². The van der Waals surface area contributed by atoms with E-state index in [-0.39, 0.29) is 11.5 Å². The largest absolute Gasteiger partial charge is 0.391 e. The highest BCUT2D eigenvalue weighted by Crippen LogP contribution is 2.39. The first kappa shape index (κ1) is 20.8. The maximum Gasteiger partial charge on any atom is 0.391 e. The number of amides is 1. The highest BCUT2D eigenvalue weighted by molar-refractivity contribution is 5.98. The van der Waals surface area contributed by atoms with Crippen molar-refractivity contribution in [3.05, 3.63) is 54.0 Å². The summed E-state index contributed by atoms with van der Waals surface area (Å²) >= 11 is 0. The van der Waals surface area contributed by atoms with Crippen LogP contribution < -0.4 is 10.6 Å². The summed E-state index contributed by atoms with van der Waals surface area (Å²) in [6.45, 7) is 0.358. The number of benzene rings is 1. The molecule has 0 saturated heterocycles. The van der Waals surface area contributed by atoms with Gasteiger partial charge in [-0.05, 0) is 55.9 Å². The fraction of sp³-hybridized carbons (Fsp3) is 0.435. The summed E-state index contributed by atoms with van der Waals surface area (Å²) < 4.78 is 41.1. The average Bonchev–Trinajstić information content (AvgIpc) is 3.68. The number of carbonyl (C=O) groups excluding carboxylic acids is 1. The zero-order valence-electron chi connectivity index (χ0n) is 17.4. The van der Waals surface area contributed by atoms with E-state index >= 15 is 0 Å². The lowest BCUT2D eigenvalue weighted by atomic mass is 10.1. The topological polar surface area (TPSA) is 71.8 Å². The lowest BCUT2D eigenvalue weighted by Crippen LogP contribution is -2.40. The molecule has 2 aliphatic carbocycles. The first-order chi connectivity index (χ1) is 15.4. The second-order valence-electron chi connectivity index (χ2n) is 8.61. The van der Waals surface area contributed by atoms with Gasteiger partial charge in [0.25, 0.3) is 5.91 Å². The SMILES string of the molecule is O=C(NC(CC(F)(F)F)C1CC1)c1cccnc1NCc1nc2ccccc2n1C1CC1. The summed E-state index contributed by atoms with van der Waals surface area (Å²) in [4.78, 5) is 21.9. The van der Waals surface area contributed by atoms with Crippen LogP contribution in [0.4, 0.5) is 19.0 Å². The Morgan fingerprint density at radius 3 is 2.62 bits per heavy atom. The molecule has 168 valence electrons. The van der Waals surface area contributed by atoms with Crippen LogP contribution in [0.5, 0.6) is 0 Å². The van der Waals surface area contributed by atoms with Crippen LogP contribution in [-0.4, -0.2) is 32.7 Å². The molecule has 0 aliphatic heterocycles. The number of halogens is 3. The molecule has 2 heterocycles. The molecule has 2 N–H and O–H groups in total. The Morgan fingerprint density at radius 1 is 1.12 bits per heavy atom. The zero-order valence-corrected chi connectivity index (χ0v) is 17.4. The van der Waals surface area contributed by atoms with Gasteiger partial charge in [-0.25, -0.2) is 9.97 Å². The third-order valence-corrected chi connectivity index (χ3v) is 6.01. The minimum Gasteiger partial charge on any atom is -0.362 e. The fourth-order valence-corrected chi connectivity index (χ4v) is 4.18. The lowest BCUT2D eigenvalue weighted by molar-refractivity contribution is -0.140. The molecule has 1 aromatic carbocycles. The number of anilines is 1. The van der Waals surface area contributed by atoms with Crippen LogP contribution in [-0.2, 0) is 6.54 Å². The van der Waals surface area contributed by atoms with Gasteiger partial charge in [-0.3, -0.25) is 4.79 Å². The quantitative estimate of drug-likeness (QED) is 0.523. The van der Waals surface area contributed by atoms with Crippen molar-refractivity contribution in [3.8, 4) is 0 Å². The van der Waals surface area contributed by atoms with Gasteiger partial charge in [-0.1, -0.05) is 12.1 Å². The van der Waals surface area contributed by atoms with E-state index in [9.17, 15) is 18.0 Å². The van der Waals surface area contributed by atoms with Gasteiger partial charge in [0, 0.05) is 18.3 Å². The molecule has 2 fully saturated rings. The van der Waals surface area contributed by atoms with Crippen molar-refractivity contribution in [2.45, 2.75) is 56.9 Å². The molecule has 5 rings (SSSR count). The van der Waals surface area contributed by atoms with Crippen molar-refractivity contribution < 1.29 is 18.0 Å². The van der Waals surface area contributed by atoms with E-state index < -0.39 is 24.5 Å². The number of alkyl halides is 3. The van der Waals surface area contributed by atoms with Gasteiger partial charge in [0.2, 0.25) is 0 Å². The summed E-state index contributed by atoms with van der Waals surface area (Å²) in [6, 6.07) is 10.6. The van der Waals surface area contributed by atoms with Gasteiger partial charge in [-0.2, -0.15) is 13.2 Å². The predicted molar refractivity (Wildman–Crippen MR) is 114 cm³/mol. The Morgan fingerprint density at radius 2 is 1.91 bits per heavy atom. The molecule has 0 bridgehead atoms. The highest BCUT2D eigenvalue weighted by Gasteiger charge is 2.41. The smallest absolute Gasteiger partial charge is 0.362 e. The van der Waals surface area contributed by atoms with Crippen molar-refractivity contribution >= 4 is 22.8 Å². The molecule has 3 aromatic rings. The third-order valence-electron chi connectivity index (χ3n) is 6.01. The molecule has 1 unspecified atom stereocenters. The van der Waals surface area contributed by atoms with Gasteiger partial charge < -0.3 is 15.2 Å². The van der Waals surface area contributed by atoms with Crippen LogP contribution in [0.1, 0.15) is 54.3 Å². The predicted octanol–water partition coefficient (Wildman–Crippen LogP) is 4.84. The number of fused-ring (bicyclic) bond motifs is 1. The van der Waals surface area contributed by atoms with Crippen molar-refractivity contribution in [1.82, 2.24) is 19.9 Å². The van der Waals surface area contributed by atoms with Gasteiger partial charge >= 0.3 is 6.18 Å². The Kier molecular flexibility index (Phi) is 5.27. The van der Waals surface area contributed by atoms with Crippen LogP contribution >= 0.6 is 0 Å². The number of imidazole rings is 1. The maximum absolute atomic E-state index is 12.9. The van der Waals surface area contributed by atoms with E-state index in [1.165, 1.54) is 0 Å². The number of para-hydroxylation sites is 2. The maximum atomic E-state index is 12.9. The minimum atomic E-state index is -4.32. The van der Waals surface area contributed by atoms with E-state index in [4.69, 9.17) is 4.98 Å². The molecule has 2 aliphatic rings. The number of nitrogens with one attached hydrogen (secondary N) is 2. The first-order valence-electron chi connectivity index (χ1n) is 10.9. The average molecular weight is 443 g/mol. The molecule has 2 aromatic heterocycles. The zero-order chi connectivity index (χ0) is 22.3. The summed E-state index contributed by atoms with van der Waals surface area (Å²) in [5.41, 5.74) is 2.22. The van der Waals surface area contributed by atoms with E-state index in [2.05, 4.69) is 20.2 Å². The summed E-state index contributed by atoms with van der Waals surface area (Å²) in [5.74, 6) is 0.518. The number of rotatable bonds is 8. The van der Waals surface area contributed by atoms with E-state index in [1.54, 1.807) is 18.3 Å². The lowest BCUT2D eigenvalue weighted by Gasteiger charge is -2.20. The van der Waals surface area contributed by atoms with Gasteiger partial charge in [0.15, 0.2) is 0 Å². The molecule has 32 heavy (non-hydrogen) atoms. The summed E-state index contributed by atoms with van der Waals surface area (Å²) in [5, 5.41) is 5.78. The van der Waals surface area contributed by atoms with E-state index in [0.717, 1.165) is 29.7 Å².